The Kier molecular flexibility index (Phi) is 4.47. The van der Waals surface area contributed by atoms with Crippen LogP contribution in [0.15, 0.2) is 0 Å². The monoisotopic (exact) mass is 274 g/mol. The van der Waals surface area contributed by atoms with Crippen molar-refractivity contribution in [3.63, 3.8) is 0 Å². The van der Waals surface area contributed by atoms with Crippen molar-refractivity contribution >= 4 is 28.5 Å². The Bertz CT molecular complexity index is 317. The van der Waals surface area contributed by atoms with Crippen LogP contribution in [0.2, 0.25) is 0 Å². The number of alkyl halides is 1. The Morgan fingerprint density at radius 1 is 1.60 bits per heavy atom. The number of piperazine rings is 1. The summed E-state index contributed by atoms with van der Waals surface area (Å²) in [7, 11) is 0.930. The molecule has 3 atom stereocenters. The van der Waals surface area contributed by atoms with Crippen LogP contribution in [-0.2, 0) is 10.0 Å². The van der Waals surface area contributed by atoms with E-state index in [-0.39, 0.29) is 12.3 Å². The van der Waals surface area contributed by atoms with E-state index in [4.69, 9.17) is 0 Å². The van der Waals surface area contributed by atoms with Gasteiger partial charge in [0.1, 0.15) is 0 Å². The van der Waals surface area contributed by atoms with Crippen LogP contribution in [0.1, 0.15) is 6.92 Å². The van der Waals surface area contributed by atoms with E-state index in [0.29, 0.717) is 13.1 Å². The average Bonchev–Trinajstić information content (AvgIpc) is 2.17. The molecular formula is C7H17FN2O2P2S. The lowest BCUT2D eigenvalue weighted by Gasteiger charge is -2.37. The van der Waals surface area contributed by atoms with Crippen molar-refractivity contribution in [1.82, 2.24) is 9.62 Å². The quantitative estimate of drug-likeness (QED) is 0.736. The summed E-state index contributed by atoms with van der Waals surface area (Å²) in [4.78, 5) is 0. The van der Waals surface area contributed by atoms with Gasteiger partial charge in [0.2, 0.25) is 10.0 Å². The zero-order chi connectivity index (χ0) is 11.7. The third-order valence-electron chi connectivity index (χ3n) is 2.43. The van der Waals surface area contributed by atoms with E-state index in [1.807, 2.05) is 0 Å². The van der Waals surface area contributed by atoms with Crippen molar-refractivity contribution in [2.24, 2.45) is 0 Å². The van der Waals surface area contributed by atoms with Crippen LogP contribution in [0.5, 0.6) is 0 Å². The van der Waals surface area contributed by atoms with E-state index in [2.05, 4.69) is 23.8 Å². The Hall–Kier alpha value is 0.660. The smallest absolute Gasteiger partial charge is 0.213 e. The van der Waals surface area contributed by atoms with Crippen LogP contribution in [-0.4, -0.2) is 49.3 Å². The SMILES string of the molecule is CCS(=O)(=O)N1CCNC(C(F)(P)P)C1. The standard InChI is InChI=1S/C7H17FN2O2P2S/c1-2-15(11,12)10-4-3-9-6(5-10)7(8,13)14/h6,9H,2-5,13-14H2,1H3. The fraction of sp³-hybridized carbons (Fsp3) is 1.00. The molecule has 0 aromatic heterocycles. The first-order chi connectivity index (χ1) is 6.77. The first-order valence-corrected chi connectivity index (χ1v) is 7.51. The summed E-state index contributed by atoms with van der Waals surface area (Å²) < 4.78 is 38.1. The molecule has 1 aliphatic heterocycles. The predicted octanol–water partition coefficient (Wildman–Crippen LogP) is -0.0166. The van der Waals surface area contributed by atoms with Crippen LogP contribution in [0, 0.1) is 0 Å². The van der Waals surface area contributed by atoms with E-state index < -0.39 is 21.2 Å². The summed E-state index contributed by atoms with van der Waals surface area (Å²) in [5, 5.41) is 1.39. The second-order valence-corrected chi connectivity index (χ2v) is 8.29. The maximum absolute atomic E-state index is 13.6. The molecule has 15 heavy (non-hydrogen) atoms. The van der Waals surface area contributed by atoms with Gasteiger partial charge in [-0.05, 0) is 6.92 Å². The van der Waals surface area contributed by atoms with Crippen molar-refractivity contribution in [3.05, 3.63) is 0 Å². The summed E-state index contributed by atoms with van der Waals surface area (Å²) in [6.07, 6.45) is 0. The Balaban J connectivity index is 2.73. The summed E-state index contributed by atoms with van der Waals surface area (Å²) in [5.74, 6) is 0.0622. The second-order valence-electron chi connectivity index (χ2n) is 3.59. The van der Waals surface area contributed by atoms with Gasteiger partial charge in [-0.1, -0.05) is 18.5 Å². The van der Waals surface area contributed by atoms with Crippen LogP contribution in [0.3, 0.4) is 0 Å². The Morgan fingerprint density at radius 3 is 2.67 bits per heavy atom. The van der Waals surface area contributed by atoms with Gasteiger partial charge < -0.3 is 5.32 Å². The number of nitrogens with zero attached hydrogens (tertiary/aromatic N) is 1. The lowest BCUT2D eigenvalue weighted by atomic mass is 10.2. The summed E-state index contributed by atoms with van der Waals surface area (Å²) in [6, 6.07) is -0.498. The number of rotatable bonds is 3. The number of sulfonamides is 1. The molecule has 0 saturated carbocycles. The van der Waals surface area contributed by atoms with Crippen molar-refractivity contribution in [1.29, 1.82) is 0 Å². The van der Waals surface area contributed by atoms with Gasteiger partial charge >= 0.3 is 0 Å². The maximum Gasteiger partial charge on any atom is 0.213 e. The molecule has 0 aromatic rings. The highest BCUT2D eigenvalue weighted by molar-refractivity contribution is 7.89. The van der Waals surface area contributed by atoms with Crippen molar-refractivity contribution in [2.75, 3.05) is 25.4 Å². The number of hydrogen-bond acceptors (Lipinski definition) is 3. The third-order valence-corrected chi connectivity index (χ3v) is 5.08. The Labute approximate surface area is 94.8 Å². The normalized spacial score (nSPS) is 25.5. The number of halogens is 1. The van der Waals surface area contributed by atoms with Gasteiger partial charge in [-0.15, -0.1) is 0 Å². The average molecular weight is 274 g/mol. The predicted molar refractivity (Wildman–Crippen MR) is 66.1 cm³/mol. The topological polar surface area (TPSA) is 49.4 Å². The first kappa shape index (κ1) is 13.7. The highest BCUT2D eigenvalue weighted by atomic mass is 32.2. The fourth-order valence-corrected chi connectivity index (χ4v) is 3.01. The highest BCUT2D eigenvalue weighted by Crippen LogP contribution is 2.33. The number of nitrogens with one attached hydrogen (secondary N) is 1. The van der Waals surface area contributed by atoms with E-state index in [1.54, 1.807) is 6.92 Å². The molecule has 0 spiro atoms. The van der Waals surface area contributed by atoms with Crippen molar-refractivity contribution in [2.45, 2.75) is 18.1 Å². The minimum absolute atomic E-state index is 0.0622. The van der Waals surface area contributed by atoms with Crippen molar-refractivity contribution in [3.8, 4) is 0 Å². The minimum atomic E-state index is -3.21. The molecule has 0 radical (unpaired) electrons. The lowest BCUT2D eigenvalue weighted by Crippen LogP contribution is -2.57. The molecule has 0 amide bonds. The highest BCUT2D eigenvalue weighted by Gasteiger charge is 2.36. The van der Waals surface area contributed by atoms with Gasteiger partial charge in [-0.3, -0.25) is 0 Å². The zero-order valence-electron chi connectivity index (χ0n) is 8.61. The van der Waals surface area contributed by atoms with Gasteiger partial charge in [-0.25, -0.2) is 12.8 Å². The van der Waals surface area contributed by atoms with Gasteiger partial charge in [0.15, 0.2) is 5.15 Å². The zero-order valence-corrected chi connectivity index (χ0v) is 11.7. The molecule has 1 N–H and O–H groups in total. The molecule has 1 heterocycles. The van der Waals surface area contributed by atoms with Crippen LogP contribution in [0.4, 0.5) is 4.39 Å². The first-order valence-electron chi connectivity index (χ1n) is 4.75. The molecule has 0 bridgehead atoms. The second kappa shape index (κ2) is 4.89. The molecule has 1 fully saturated rings. The van der Waals surface area contributed by atoms with E-state index in [9.17, 15) is 12.8 Å². The minimum Gasteiger partial charge on any atom is -0.308 e. The van der Waals surface area contributed by atoms with Crippen LogP contribution in [0.25, 0.3) is 0 Å². The Morgan fingerprint density at radius 2 is 2.20 bits per heavy atom. The molecule has 1 aliphatic rings. The third kappa shape index (κ3) is 3.57. The molecule has 1 rings (SSSR count). The molecule has 0 aliphatic carbocycles. The fourth-order valence-electron chi connectivity index (χ4n) is 1.45. The van der Waals surface area contributed by atoms with Crippen LogP contribution < -0.4 is 5.32 Å². The largest absolute Gasteiger partial charge is 0.308 e. The van der Waals surface area contributed by atoms with E-state index >= 15 is 0 Å². The van der Waals surface area contributed by atoms with Gasteiger partial charge in [0.05, 0.1) is 11.8 Å². The molecular weight excluding hydrogens is 257 g/mol. The summed E-state index contributed by atoms with van der Waals surface area (Å²) >= 11 is 0. The van der Waals surface area contributed by atoms with Gasteiger partial charge in [0, 0.05) is 19.6 Å². The molecule has 8 heteroatoms. The van der Waals surface area contributed by atoms with E-state index in [0.717, 1.165) is 0 Å². The molecule has 4 nitrogen and oxygen atoms in total. The number of hydrogen-bond donors (Lipinski definition) is 1. The molecule has 3 unspecified atom stereocenters. The van der Waals surface area contributed by atoms with E-state index in [1.165, 1.54) is 4.31 Å². The molecule has 1 saturated heterocycles. The molecule has 0 aromatic carbocycles. The van der Waals surface area contributed by atoms with Gasteiger partial charge in [-0.2, -0.15) is 4.31 Å². The van der Waals surface area contributed by atoms with Crippen molar-refractivity contribution < 1.29 is 12.8 Å². The maximum atomic E-state index is 13.6. The van der Waals surface area contributed by atoms with Gasteiger partial charge in [0.25, 0.3) is 0 Å². The lowest BCUT2D eigenvalue weighted by molar-refractivity contribution is 0.223. The molecule has 90 valence electrons. The van der Waals surface area contributed by atoms with Crippen LogP contribution >= 0.6 is 18.5 Å². The summed E-state index contributed by atoms with van der Waals surface area (Å²) in [5.41, 5.74) is 0. The summed E-state index contributed by atoms with van der Waals surface area (Å²) in [6.45, 7) is 2.67.